The van der Waals surface area contributed by atoms with Crippen molar-refractivity contribution in [2.24, 2.45) is 5.29 Å². The average Bonchev–Trinajstić information content (AvgIpc) is 2.50. The number of hydrogen-bond donors (Lipinski definition) is 3. The van der Waals surface area contributed by atoms with Gasteiger partial charge in [-0.25, -0.2) is 0 Å². The fourth-order valence-electron chi connectivity index (χ4n) is 1.97. The number of aromatic hydroxyl groups is 2. The molecule has 0 aliphatic carbocycles. The zero-order chi connectivity index (χ0) is 15.2. The number of aliphatic hydroxyl groups excluding tert-OH is 1. The molecule has 0 amide bonds. The van der Waals surface area contributed by atoms with Gasteiger partial charge in [0.2, 0.25) is 0 Å². The van der Waals surface area contributed by atoms with E-state index in [9.17, 15) is 20.2 Å². The van der Waals surface area contributed by atoms with Gasteiger partial charge in [-0.05, 0) is 23.3 Å². The van der Waals surface area contributed by atoms with E-state index in [4.69, 9.17) is 0 Å². The van der Waals surface area contributed by atoms with Crippen LogP contribution in [0.4, 0.5) is 0 Å². The molecule has 6 heteroatoms. The fourth-order valence-corrected chi connectivity index (χ4v) is 1.97. The summed E-state index contributed by atoms with van der Waals surface area (Å²) in [6.07, 6.45) is -1.00. The van der Waals surface area contributed by atoms with Crippen LogP contribution in [-0.2, 0) is 6.54 Å². The second-order valence-electron chi connectivity index (χ2n) is 4.68. The van der Waals surface area contributed by atoms with Crippen molar-refractivity contribution >= 4 is 0 Å². The maximum atomic E-state index is 10.9. The van der Waals surface area contributed by atoms with Crippen molar-refractivity contribution < 1.29 is 15.3 Å². The predicted octanol–water partition coefficient (Wildman–Crippen LogP) is 2.31. The maximum Gasteiger partial charge on any atom is 0.157 e. The lowest BCUT2D eigenvalue weighted by Crippen LogP contribution is -2.23. The Morgan fingerprint density at radius 3 is 2.38 bits per heavy atom. The van der Waals surface area contributed by atoms with Gasteiger partial charge in [-0.15, -0.1) is 4.91 Å². The summed E-state index contributed by atoms with van der Waals surface area (Å²) in [5, 5.41) is 32.8. The zero-order valence-corrected chi connectivity index (χ0v) is 11.3. The third kappa shape index (κ3) is 3.93. The molecular formula is C15H16N2O4. The molecule has 2 aromatic carbocycles. The van der Waals surface area contributed by atoms with Gasteiger partial charge in [-0.2, -0.15) is 0 Å². The summed E-state index contributed by atoms with van der Waals surface area (Å²) in [5.41, 5.74) is 1.30. The van der Waals surface area contributed by atoms with Crippen LogP contribution in [0.5, 0.6) is 11.5 Å². The van der Waals surface area contributed by atoms with Crippen LogP contribution in [0.25, 0.3) is 0 Å². The number of benzene rings is 2. The van der Waals surface area contributed by atoms with Crippen LogP contribution in [0.2, 0.25) is 0 Å². The van der Waals surface area contributed by atoms with Crippen LogP contribution in [-0.4, -0.2) is 26.9 Å². The normalized spacial score (nSPS) is 11.9. The van der Waals surface area contributed by atoms with Gasteiger partial charge in [0.05, 0.1) is 24.5 Å². The molecule has 3 N–H and O–H groups in total. The van der Waals surface area contributed by atoms with Gasteiger partial charge in [0.15, 0.2) is 11.5 Å². The predicted molar refractivity (Wildman–Crippen MR) is 77.4 cm³/mol. The number of nitrogens with zero attached hydrogens (tertiary/aromatic N) is 2. The van der Waals surface area contributed by atoms with E-state index in [2.05, 4.69) is 5.29 Å². The van der Waals surface area contributed by atoms with Gasteiger partial charge in [0.1, 0.15) is 0 Å². The summed E-state index contributed by atoms with van der Waals surface area (Å²) in [4.78, 5) is 10.9. The Labute approximate surface area is 121 Å². The molecule has 0 heterocycles. The molecule has 0 aliphatic heterocycles. The van der Waals surface area contributed by atoms with E-state index < -0.39 is 6.10 Å². The molecule has 2 rings (SSSR count). The van der Waals surface area contributed by atoms with Crippen molar-refractivity contribution in [3.63, 3.8) is 0 Å². The number of rotatable bonds is 6. The van der Waals surface area contributed by atoms with Crippen molar-refractivity contribution in [2.75, 3.05) is 6.54 Å². The van der Waals surface area contributed by atoms with E-state index in [1.165, 1.54) is 23.2 Å². The number of phenols is 2. The smallest absolute Gasteiger partial charge is 0.157 e. The fraction of sp³-hybridized carbons (Fsp3) is 0.200. The summed E-state index contributed by atoms with van der Waals surface area (Å²) in [6.45, 7) is 0.272. The highest BCUT2D eigenvalue weighted by atomic mass is 16.3. The standard InChI is InChI=1S/C15H16N2O4/c18-13-7-6-12(8-14(13)19)15(20)10-17(16-21)9-11-4-2-1-3-5-11/h1-8,15,18-20H,9-10H2. The van der Waals surface area contributed by atoms with Crippen LogP contribution in [0.3, 0.4) is 0 Å². The van der Waals surface area contributed by atoms with Crippen LogP contribution < -0.4 is 0 Å². The lowest BCUT2D eigenvalue weighted by Gasteiger charge is -2.19. The molecule has 110 valence electrons. The van der Waals surface area contributed by atoms with E-state index in [1.807, 2.05) is 30.3 Å². The molecule has 0 fully saturated rings. The van der Waals surface area contributed by atoms with Crippen LogP contribution in [0, 0.1) is 4.91 Å². The van der Waals surface area contributed by atoms with Gasteiger partial charge in [-0.3, -0.25) is 5.01 Å². The third-order valence-corrected chi connectivity index (χ3v) is 3.09. The van der Waals surface area contributed by atoms with E-state index >= 15 is 0 Å². The highest BCUT2D eigenvalue weighted by Crippen LogP contribution is 2.28. The largest absolute Gasteiger partial charge is 0.504 e. The number of hydrogen-bond acceptors (Lipinski definition) is 5. The zero-order valence-electron chi connectivity index (χ0n) is 11.3. The highest BCUT2D eigenvalue weighted by molar-refractivity contribution is 5.41. The molecule has 0 aromatic heterocycles. The lowest BCUT2D eigenvalue weighted by molar-refractivity contribution is 0.110. The number of phenolic OH excluding ortho intramolecular Hbond substituents is 2. The molecule has 2 aromatic rings. The summed E-state index contributed by atoms with van der Waals surface area (Å²) >= 11 is 0. The molecule has 0 saturated heterocycles. The average molecular weight is 288 g/mol. The number of nitroso groups, excluding NO2 is 1. The molecule has 21 heavy (non-hydrogen) atoms. The Bertz CT molecular complexity index is 604. The second kappa shape index (κ2) is 6.71. The molecule has 0 bridgehead atoms. The van der Waals surface area contributed by atoms with Crippen LogP contribution in [0.1, 0.15) is 17.2 Å². The van der Waals surface area contributed by atoms with E-state index in [-0.39, 0.29) is 24.6 Å². The monoisotopic (exact) mass is 288 g/mol. The van der Waals surface area contributed by atoms with Gasteiger partial charge >= 0.3 is 0 Å². The summed E-state index contributed by atoms with van der Waals surface area (Å²) in [7, 11) is 0. The quantitative estimate of drug-likeness (QED) is 0.431. The van der Waals surface area contributed by atoms with Crippen molar-refractivity contribution in [1.29, 1.82) is 0 Å². The minimum Gasteiger partial charge on any atom is -0.504 e. The second-order valence-corrected chi connectivity index (χ2v) is 4.68. The first kappa shape index (κ1) is 14.8. The molecule has 0 aliphatic rings. The molecule has 0 radical (unpaired) electrons. The molecule has 0 spiro atoms. The minimum absolute atomic E-state index is 0.0113. The molecule has 6 nitrogen and oxygen atoms in total. The first-order chi connectivity index (χ1) is 10.1. The Hall–Kier alpha value is -2.60. The lowest BCUT2D eigenvalue weighted by atomic mass is 10.1. The Balaban J connectivity index is 2.03. The van der Waals surface area contributed by atoms with E-state index in [0.29, 0.717) is 5.56 Å². The summed E-state index contributed by atoms with van der Waals surface area (Å²) in [6, 6.07) is 13.3. The molecule has 1 atom stereocenters. The van der Waals surface area contributed by atoms with Crippen molar-refractivity contribution in [2.45, 2.75) is 12.6 Å². The number of aliphatic hydroxyl groups is 1. The van der Waals surface area contributed by atoms with E-state index in [0.717, 1.165) is 5.56 Å². The molecule has 1 unspecified atom stereocenters. The van der Waals surface area contributed by atoms with Crippen molar-refractivity contribution in [3.05, 3.63) is 64.6 Å². The Kier molecular flexibility index (Phi) is 4.73. The topological polar surface area (TPSA) is 93.4 Å². The molecular weight excluding hydrogens is 272 g/mol. The first-order valence-electron chi connectivity index (χ1n) is 6.42. The van der Waals surface area contributed by atoms with E-state index in [1.54, 1.807) is 0 Å². The van der Waals surface area contributed by atoms with Gasteiger partial charge in [0.25, 0.3) is 0 Å². The summed E-state index contributed by atoms with van der Waals surface area (Å²) in [5.74, 6) is -0.583. The Morgan fingerprint density at radius 2 is 1.76 bits per heavy atom. The summed E-state index contributed by atoms with van der Waals surface area (Å²) < 4.78 is 0. The van der Waals surface area contributed by atoms with Crippen molar-refractivity contribution in [3.8, 4) is 11.5 Å². The molecule has 0 saturated carbocycles. The third-order valence-electron chi connectivity index (χ3n) is 3.09. The maximum absolute atomic E-state index is 10.9. The van der Waals surface area contributed by atoms with Crippen LogP contribution in [0.15, 0.2) is 53.8 Å². The van der Waals surface area contributed by atoms with Crippen LogP contribution >= 0.6 is 0 Å². The highest BCUT2D eigenvalue weighted by Gasteiger charge is 2.15. The van der Waals surface area contributed by atoms with Crippen molar-refractivity contribution in [1.82, 2.24) is 5.01 Å². The SMILES string of the molecule is O=NN(Cc1ccccc1)CC(O)c1ccc(O)c(O)c1. The minimum atomic E-state index is -1.00. The van der Waals surface area contributed by atoms with Gasteiger partial charge in [0, 0.05) is 0 Å². The first-order valence-corrected chi connectivity index (χ1v) is 6.42. The Morgan fingerprint density at radius 1 is 1.05 bits per heavy atom. The van der Waals surface area contributed by atoms with Gasteiger partial charge < -0.3 is 15.3 Å². The van der Waals surface area contributed by atoms with Gasteiger partial charge in [-0.1, -0.05) is 36.4 Å².